The van der Waals surface area contributed by atoms with E-state index in [-0.39, 0.29) is 12.5 Å². The monoisotopic (exact) mass is 291 g/mol. The minimum Gasteiger partial charge on any atom is -0.481 e. The molecule has 1 amide bonds. The highest BCUT2D eigenvalue weighted by molar-refractivity contribution is 5.66. The van der Waals surface area contributed by atoms with Crippen molar-refractivity contribution in [2.24, 2.45) is 5.73 Å². The highest BCUT2D eigenvalue weighted by Crippen LogP contribution is 2.07. The molecule has 0 aliphatic carbocycles. The second-order valence-electron chi connectivity index (χ2n) is 5.73. The molecule has 0 aliphatic heterocycles. The topological polar surface area (TPSA) is 110 Å². The van der Waals surface area contributed by atoms with Crippen molar-refractivity contribution in [2.75, 3.05) is 0 Å². The van der Waals surface area contributed by atoms with Gasteiger partial charge in [0.25, 0.3) is 0 Å². The Hall–Kier alpha value is -1.30. The van der Waals surface area contributed by atoms with Gasteiger partial charge in [0.1, 0.15) is 5.60 Å². The Morgan fingerprint density at radius 2 is 1.65 bits per heavy atom. The number of aliphatic carboxylic acids is 1. The molecule has 6 heteroatoms. The Bertz CT molecular complexity index is 271. The summed E-state index contributed by atoms with van der Waals surface area (Å²) in [6.07, 6.45) is 3.90. The molecular formula is C14H29NO5. The fraction of sp³-hybridized carbons (Fsp3) is 0.857. The number of carbonyl (C=O) groups is 2. The Balaban J connectivity index is 0. The van der Waals surface area contributed by atoms with Gasteiger partial charge in [-0.1, -0.05) is 19.3 Å². The van der Waals surface area contributed by atoms with Crippen molar-refractivity contribution in [1.82, 2.24) is 0 Å². The Labute approximate surface area is 121 Å². The van der Waals surface area contributed by atoms with Gasteiger partial charge in [-0.05, 0) is 40.5 Å². The summed E-state index contributed by atoms with van der Waals surface area (Å²) in [4.78, 5) is 20.1. The predicted octanol–water partition coefficient (Wildman–Crippen LogP) is 2.67. The summed E-state index contributed by atoms with van der Waals surface area (Å²) in [5, 5.41) is 17.2. The molecule has 0 aromatic heterocycles. The van der Waals surface area contributed by atoms with Gasteiger partial charge in [-0.25, -0.2) is 4.79 Å². The maximum Gasteiger partial charge on any atom is 0.405 e. The minimum atomic E-state index is -0.725. The molecule has 0 aliphatic rings. The van der Waals surface area contributed by atoms with E-state index in [9.17, 15) is 9.59 Å². The van der Waals surface area contributed by atoms with E-state index in [1.165, 1.54) is 0 Å². The van der Waals surface area contributed by atoms with Crippen molar-refractivity contribution in [3.05, 3.63) is 0 Å². The zero-order valence-electron chi connectivity index (χ0n) is 13.0. The largest absolute Gasteiger partial charge is 0.481 e. The maximum atomic E-state index is 10.1. The van der Waals surface area contributed by atoms with Crippen molar-refractivity contribution in [1.29, 1.82) is 0 Å². The molecule has 6 nitrogen and oxygen atoms in total. The molecule has 0 aromatic carbocycles. The molecule has 0 spiro atoms. The van der Waals surface area contributed by atoms with Crippen LogP contribution >= 0.6 is 0 Å². The lowest BCUT2D eigenvalue weighted by atomic mass is 10.1. The Kier molecular flexibility index (Phi) is 12.1. The van der Waals surface area contributed by atoms with Crippen LogP contribution in [0.25, 0.3) is 0 Å². The van der Waals surface area contributed by atoms with E-state index < -0.39 is 17.7 Å². The number of nitrogens with two attached hydrogens (primary N) is 1. The Morgan fingerprint density at radius 3 is 1.95 bits per heavy atom. The normalized spacial score (nSPS) is 12.1. The van der Waals surface area contributed by atoms with Crippen molar-refractivity contribution < 1.29 is 24.5 Å². The minimum absolute atomic E-state index is 0.218. The van der Waals surface area contributed by atoms with Crippen LogP contribution in [0.5, 0.6) is 0 Å². The number of hydrogen-bond acceptors (Lipinski definition) is 4. The van der Waals surface area contributed by atoms with E-state index >= 15 is 0 Å². The van der Waals surface area contributed by atoms with Crippen LogP contribution < -0.4 is 5.73 Å². The number of unbranched alkanes of at least 4 members (excludes halogenated alkanes) is 3. The summed E-state index contributed by atoms with van der Waals surface area (Å²) in [6.45, 7) is 7.06. The summed E-state index contributed by atoms with van der Waals surface area (Å²) in [6, 6.07) is 0. The molecule has 0 bridgehead atoms. The molecule has 0 rings (SSSR count). The van der Waals surface area contributed by atoms with E-state index in [2.05, 4.69) is 4.74 Å². The third-order valence-electron chi connectivity index (χ3n) is 2.17. The summed E-state index contributed by atoms with van der Waals surface area (Å²) in [5.41, 5.74) is 4.26. The molecule has 1 unspecified atom stereocenters. The van der Waals surface area contributed by atoms with Crippen molar-refractivity contribution >= 4 is 12.1 Å². The van der Waals surface area contributed by atoms with E-state index in [1.54, 1.807) is 27.7 Å². The first kappa shape index (κ1) is 21.0. The molecule has 0 heterocycles. The zero-order chi connectivity index (χ0) is 16.2. The second-order valence-corrected chi connectivity index (χ2v) is 5.73. The van der Waals surface area contributed by atoms with E-state index in [4.69, 9.17) is 15.9 Å². The number of amides is 1. The van der Waals surface area contributed by atoms with Gasteiger partial charge >= 0.3 is 12.1 Å². The molecule has 20 heavy (non-hydrogen) atoms. The number of carbonyl (C=O) groups excluding carboxylic acids is 1. The van der Waals surface area contributed by atoms with Crippen LogP contribution in [-0.4, -0.2) is 34.0 Å². The number of aliphatic hydroxyl groups excluding tert-OH is 1. The van der Waals surface area contributed by atoms with Crippen molar-refractivity contribution in [3.8, 4) is 0 Å². The van der Waals surface area contributed by atoms with Crippen LogP contribution in [0.4, 0.5) is 4.79 Å². The summed E-state index contributed by atoms with van der Waals surface area (Å²) >= 11 is 0. The van der Waals surface area contributed by atoms with Gasteiger partial charge in [0, 0.05) is 6.42 Å². The highest BCUT2D eigenvalue weighted by atomic mass is 16.6. The van der Waals surface area contributed by atoms with Crippen LogP contribution in [0.3, 0.4) is 0 Å². The van der Waals surface area contributed by atoms with E-state index in [1.807, 2.05) is 0 Å². The lowest BCUT2D eigenvalue weighted by Crippen LogP contribution is -2.27. The molecule has 120 valence electrons. The van der Waals surface area contributed by atoms with E-state index in [0.29, 0.717) is 0 Å². The van der Waals surface area contributed by atoms with Gasteiger partial charge in [0.2, 0.25) is 0 Å². The average Bonchev–Trinajstić information content (AvgIpc) is 2.19. The highest BCUT2D eigenvalue weighted by Gasteiger charge is 2.12. The van der Waals surface area contributed by atoms with Gasteiger partial charge in [0.15, 0.2) is 0 Å². The molecule has 1 atom stereocenters. The first-order valence-corrected chi connectivity index (χ1v) is 6.93. The van der Waals surface area contributed by atoms with Crippen LogP contribution in [0.2, 0.25) is 0 Å². The number of aliphatic hydroxyl groups is 1. The van der Waals surface area contributed by atoms with Crippen LogP contribution in [0.15, 0.2) is 0 Å². The van der Waals surface area contributed by atoms with Gasteiger partial charge < -0.3 is 20.7 Å². The number of hydrogen-bond donors (Lipinski definition) is 3. The van der Waals surface area contributed by atoms with Crippen LogP contribution in [0, 0.1) is 0 Å². The molecular weight excluding hydrogens is 262 g/mol. The molecule has 4 N–H and O–H groups in total. The number of rotatable bonds is 7. The van der Waals surface area contributed by atoms with Gasteiger partial charge in [-0.15, -0.1) is 0 Å². The summed E-state index contributed by atoms with van der Waals surface area (Å²) < 4.78 is 4.58. The summed E-state index contributed by atoms with van der Waals surface area (Å²) in [5.74, 6) is -0.717. The first-order chi connectivity index (χ1) is 9.04. The van der Waals surface area contributed by atoms with Crippen molar-refractivity contribution in [3.63, 3.8) is 0 Å². The molecule has 0 saturated heterocycles. The van der Waals surface area contributed by atoms with Crippen molar-refractivity contribution in [2.45, 2.75) is 77.9 Å². The standard InChI is InChI=1S/C9H18O3.C5H11NO2/c1-8(10)6-4-2-3-5-7-9(11)12;1-5(2,3)8-4(6)7/h8,10H,2-7H2,1H3,(H,11,12);1-3H3,(H2,6,7). The molecule has 0 fully saturated rings. The van der Waals surface area contributed by atoms with Gasteiger partial charge in [0.05, 0.1) is 6.10 Å². The fourth-order valence-corrected chi connectivity index (χ4v) is 1.37. The van der Waals surface area contributed by atoms with Gasteiger partial charge in [-0.2, -0.15) is 0 Å². The molecule has 0 saturated carbocycles. The lowest BCUT2D eigenvalue weighted by molar-refractivity contribution is -0.137. The number of carboxylic acids is 1. The van der Waals surface area contributed by atoms with Crippen LogP contribution in [0.1, 0.15) is 66.2 Å². The third-order valence-corrected chi connectivity index (χ3v) is 2.17. The first-order valence-electron chi connectivity index (χ1n) is 6.93. The number of ether oxygens (including phenoxy) is 1. The average molecular weight is 291 g/mol. The third kappa shape index (κ3) is 25.5. The fourth-order valence-electron chi connectivity index (χ4n) is 1.37. The smallest absolute Gasteiger partial charge is 0.405 e. The Morgan fingerprint density at radius 1 is 1.15 bits per heavy atom. The molecule has 0 radical (unpaired) electrons. The second kappa shape index (κ2) is 11.5. The summed E-state index contributed by atoms with van der Waals surface area (Å²) in [7, 11) is 0. The van der Waals surface area contributed by atoms with E-state index in [0.717, 1.165) is 32.1 Å². The van der Waals surface area contributed by atoms with Gasteiger partial charge in [-0.3, -0.25) is 4.79 Å². The maximum absolute atomic E-state index is 10.1. The van der Waals surface area contributed by atoms with Crippen LogP contribution in [-0.2, 0) is 9.53 Å². The SMILES string of the molecule is CC(C)(C)OC(N)=O.CC(O)CCCCCCC(=O)O. The number of carboxylic acid groups (broad SMARTS) is 1. The number of primary amides is 1. The zero-order valence-corrected chi connectivity index (χ0v) is 13.0. The predicted molar refractivity (Wildman–Crippen MR) is 77.4 cm³/mol. The lowest BCUT2D eigenvalue weighted by Gasteiger charge is -2.16. The molecule has 0 aromatic rings. The quantitative estimate of drug-likeness (QED) is 0.625.